The van der Waals surface area contributed by atoms with Gasteiger partial charge in [-0.15, -0.1) is 11.3 Å². The van der Waals surface area contributed by atoms with Crippen molar-refractivity contribution in [3.8, 4) is 11.3 Å². The van der Waals surface area contributed by atoms with Crippen molar-refractivity contribution in [2.75, 3.05) is 11.9 Å². The lowest BCUT2D eigenvalue weighted by Gasteiger charge is -2.13. The highest BCUT2D eigenvalue weighted by Crippen LogP contribution is 2.34. The lowest BCUT2D eigenvalue weighted by molar-refractivity contribution is 0.954. The van der Waals surface area contributed by atoms with E-state index in [1.54, 1.807) is 11.3 Å². The fraction of sp³-hybridized carbons (Fsp3) is 0.294. The first kappa shape index (κ1) is 14.0. The molecule has 1 N–H and O–H groups in total. The highest BCUT2D eigenvalue weighted by Gasteiger charge is 2.14. The van der Waals surface area contributed by atoms with Crippen LogP contribution in [0.1, 0.15) is 24.7 Å². The van der Waals surface area contributed by atoms with E-state index in [1.807, 2.05) is 13.8 Å². The van der Waals surface area contributed by atoms with Crippen LogP contribution in [0.3, 0.4) is 0 Å². The van der Waals surface area contributed by atoms with Crippen LogP contribution >= 0.6 is 11.3 Å². The minimum Gasteiger partial charge on any atom is -0.368 e. The number of hydrogen-bond donors (Lipinski definition) is 1. The van der Waals surface area contributed by atoms with Gasteiger partial charge in [0.1, 0.15) is 5.69 Å². The van der Waals surface area contributed by atoms with Crippen molar-refractivity contribution in [3.05, 3.63) is 41.0 Å². The molecule has 21 heavy (non-hydrogen) atoms. The first-order chi connectivity index (χ1) is 10.2. The van der Waals surface area contributed by atoms with Crippen molar-refractivity contribution >= 4 is 27.2 Å². The molecule has 2 aromatic heterocycles. The van der Waals surface area contributed by atoms with Crippen LogP contribution in [-0.4, -0.2) is 16.5 Å². The summed E-state index contributed by atoms with van der Waals surface area (Å²) in [6.07, 6.45) is 1.07. The van der Waals surface area contributed by atoms with Crippen molar-refractivity contribution in [2.45, 2.75) is 27.2 Å². The average molecular weight is 297 g/mol. The van der Waals surface area contributed by atoms with Gasteiger partial charge in [0.15, 0.2) is 5.82 Å². The van der Waals surface area contributed by atoms with Gasteiger partial charge in [-0.2, -0.15) is 0 Å². The smallest absolute Gasteiger partial charge is 0.152 e. The molecule has 0 radical (unpaired) electrons. The van der Waals surface area contributed by atoms with Crippen LogP contribution in [0.25, 0.3) is 21.3 Å². The summed E-state index contributed by atoms with van der Waals surface area (Å²) in [5, 5.41) is 6.81. The quantitative estimate of drug-likeness (QED) is 0.752. The second kappa shape index (κ2) is 5.82. The minimum absolute atomic E-state index is 0.890. The predicted molar refractivity (Wildman–Crippen MR) is 91.1 cm³/mol. The molecule has 3 rings (SSSR count). The number of fused-ring (bicyclic) bond motifs is 1. The number of benzene rings is 1. The maximum Gasteiger partial charge on any atom is 0.152 e. The number of thiophene rings is 1. The fourth-order valence-corrected chi connectivity index (χ4v) is 3.25. The molecule has 3 nitrogen and oxygen atoms in total. The van der Waals surface area contributed by atoms with Crippen molar-refractivity contribution in [2.24, 2.45) is 0 Å². The number of nitrogens with one attached hydrogen (secondary N) is 1. The van der Waals surface area contributed by atoms with E-state index in [0.717, 1.165) is 41.4 Å². The molecule has 4 heteroatoms. The molecule has 0 saturated heterocycles. The molecule has 0 unspecified atom stereocenters. The Morgan fingerprint density at radius 3 is 2.71 bits per heavy atom. The van der Waals surface area contributed by atoms with Gasteiger partial charge >= 0.3 is 0 Å². The summed E-state index contributed by atoms with van der Waals surface area (Å²) in [7, 11) is 0. The highest BCUT2D eigenvalue weighted by molar-refractivity contribution is 7.17. The van der Waals surface area contributed by atoms with Gasteiger partial charge in [-0.1, -0.05) is 25.1 Å². The summed E-state index contributed by atoms with van der Waals surface area (Å²) in [4.78, 5) is 9.52. The summed E-state index contributed by atoms with van der Waals surface area (Å²) in [5.74, 6) is 0.890. The molecular weight excluding hydrogens is 278 g/mol. The van der Waals surface area contributed by atoms with Crippen molar-refractivity contribution in [1.29, 1.82) is 0 Å². The summed E-state index contributed by atoms with van der Waals surface area (Å²) in [6, 6.07) is 8.51. The number of rotatable bonds is 4. The fourth-order valence-electron chi connectivity index (χ4n) is 2.34. The molecule has 3 aromatic rings. The monoisotopic (exact) mass is 297 g/mol. The number of aromatic nitrogens is 2. The Kier molecular flexibility index (Phi) is 3.88. The van der Waals surface area contributed by atoms with Gasteiger partial charge < -0.3 is 5.32 Å². The van der Waals surface area contributed by atoms with Gasteiger partial charge in [0.05, 0.1) is 11.4 Å². The summed E-state index contributed by atoms with van der Waals surface area (Å²) >= 11 is 1.76. The molecule has 2 heterocycles. The molecular formula is C17H19N3S. The van der Waals surface area contributed by atoms with Crippen molar-refractivity contribution < 1.29 is 0 Å². The maximum atomic E-state index is 4.81. The van der Waals surface area contributed by atoms with Crippen LogP contribution in [0.15, 0.2) is 29.6 Å². The van der Waals surface area contributed by atoms with E-state index in [9.17, 15) is 0 Å². The number of aryl methyl sites for hydroxylation is 2. The van der Waals surface area contributed by atoms with Crippen molar-refractivity contribution in [3.63, 3.8) is 0 Å². The Balaban J connectivity index is 2.20. The molecule has 0 aliphatic rings. The van der Waals surface area contributed by atoms with E-state index < -0.39 is 0 Å². The molecule has 0 saturated carbocycles. The number of anilines is 1. The molecule has 0 aliphatic heterocycles. The third kappa shape index (κ3) is 2.63. The van der Waals surface area contributed by atoms with Gasteiger partial charge in [-0.3, -0.25) is 0 Å². The predicted octanol–water partition coefficient (Wildman–Crippen LogP) is 4.80. The minimum atomic E-state index is 0.890. The highest BCUT2D eigenvalue weighted by atomic mass is 32.1. The molecule has 0 atom stereocenters. The van der Waals surface area contributed by atoms with Gasteiger partial charge in [-0.25, -0.2) is 9.97 Å². The molecule has 0 amide bonds. The van der Waals surface area contributed by atoms with Crippen LogP contribution in [0.2, 0.25) is 0 Å². The topological polar surface area (TPSA) is 37.8 Å². The zero-order valence-electron chi connectivity index (χ0n) is 12.6. The Morgan fingerprint density at radius 1 is 1.10 bits per heavy atom. The van der Waals surface area contributed by atoms with Crippen LogP contribution in [0, 0.1) is 13.8 Å². The Hall–Kier alpha value is -1.94. The van der Waals surface area contributed by atoms with E-state index in [0.29, 0.717) is 0 Å². The molecule has 108 valence electrons. The zero-order chi connectivity index (χ0) is 14.8. The van der Waals surface area contributed by atoms with Crippen LogP contribution in [0.5, 0.6) is 0 Å². The van der Waals surface area contributed by atoms with Crippen molar-refractivity contribution in [1.82, 2.24) is 9.97 Å². The standard InChI is InChI=1S/C17H19N3S/c1-4-9-18-17-15(19-11(2)12(3)20-17)14-7-5-6-13-8-10-21-16(13)14/h5-8,10H,4,9H2,1-3H3,(H,18,20). The Morgan fingerprint density at radius 2 is 1.90 bits per heavy atom. The van der Waals surface area contributed by atoms with E-state index in [-0.39, 0.29) is 0 Å². The average Bonchev–Trinajstić information content (AvgIpc) is 2.96. The first-order valence-corrected chi connectivity index (χ1v) is 8.14. The van der Waals surface area contributed by atoms with Gasteiger partial charge in [0, 0.05) is 16.8 Å². The Labute approximate surface area is 129 Å². The van der Waals surface area contributed by atoms with E-state index in [1.165, 1.54) is 10.1 Å². The second-order valence-corrected chi connectivity index (χ2v) is 6.08. The normalized spacial score (nSPS) is 11.0. The van der Waals surface area contributed by atoms with E-state index >= 15 is 0 Å². The first-order valence-electron chi connectivity index (χ1n) is 7.26. The molecule has 1 aromatic carbocycles. The molecule has 0 spiro atoms. The largest absolute Gasteiger partial charge is 0.368 e. The van der Waals surface area contributed by atoms with Crippen LogP contribution in [-0.2, 0) is 0 Å². The summed E-state index contributed by atoms with van der Waals surface area (Å²) in [6.45, 7) is 7.09. The molecule has 0 fully saturated rings. The molecule has 0 aliphatic carbocycles. The summed E-state index contributed by atoms with van der Waals surface area (Å²) in [5.41, 5.74) is 4.09. The van der Waals surface area contributed by atoms with E-state index in [2.05, 4.69) is 41.9 Å². The lowest BCUT2D eigenvalue weighted by Crippen LogP contribution is -2.07. The van der Waals surface area contributed by atoms with Gasteiger partial charge in [0.2, 0.25) is 0 Å². The number of hydrogen-bond acceptors (Lipinski definition) is 4. The van der Waals surface area contributed by atoms with Gasteiger partial charge in [0.25, 0.3) is 0 Å². The van der Waals surface area contributed by atoms with Crippen LogP contribution < -0.4 is 5.32 Å². The SMILES string of the molecule is CCCNc1nc(C)c(C)nc1-c1cccc2ccsc12. The maximum absolute atomic E-state index is 4.81. The van der Waals surface area contributed by atoms with Gasteiger partial charge in [-0.05, 0) is 37.1 Å². The third-order valence-electron chi connectivity index (χ3n) is 3.58. The van der Waals surface area contributed by atoms with Crippen LogP contribution in [0.4, 0.5) is 5.82 Å². The second-order valence-electron chi connectivity index (χ2n) is 5.16. The lowest BCUT2D eigenvalue weighted by atomic mass is 10.1. The summed E-state index contributed by atoms with van der Waals surface area (Å²) < 4.78 is 1.27. The number of nitrogens with zero attached hydrogens (tertiary/aromatic N) is 2. The third-order valence-corrected chi connectivity index (χ3v) is 4.55. The molecule has 0 bridgehead atoms. The Bertz CT molecular complexity index is 777. The van der Waals surface area contributed by atoms with E-state index in [4.69, 9.17) is 9.97 Å². The zero-order valence-corrected chi connectivity index (χ0v) is 13.4.